The molecule has 220 valence electrons. The van der Waals surface area contributed by atoms with Crippen LogP contribution in [0.2, 0.25) is 0 Å². The molecule has 3 heterocycles. The molecule has 0 saturated carbocycles. The third kappa shape index (κ3) is 5.90. The number of carbonyl (C=O) groups is 2. The standard InChI is InChI=1S/C33H33N5O5/c1-42-29-14-12-25(17-30(29)43-2)34-32(40)22-11-13-28(26(16-22)36-33(41)35-24-7-4-3-5-8-24)37-18-21-15-23(20-37)27-9-6-10-31(39)38(27)19-21/h3-14,16-17,21,23H,15,18-20H2,1-2H3,(H,34,40)(H2,35,36,41). The highest BCUT2D eigenvalue weighted by Gasteiger charge is 2.35. The molecule has 2 unspecified atom stereocenters. The van der Waals surface area contributed by atoms with Gasteiger partial charge in [0.25, 0.3) is 11.5 Å². The van der Waals surface area contributed by atoms with E-state index < -0.39 is 6.03 Å². The Morgan fingerprint density at radius 3 is 2.37 bits per heavy atom. The Morgan fingerprint density at radius 2 is 1.58 bits per heavy atom. The average molecular weight is 580 g/mol. The number of para-hydroxylation sites is 1. The maximum absolute atomic E-state index is 13.4. The van der Waals surface area contributed by atoms with E-state index >= 15 is 0 Å². The molecule has 6 rings (SSSR count). The zero-order chi connectivity index (χ0) is 29.9. The molecule has 0 spiro atoms. The minimum atomic E-state index is -0.418. The second kappa shape index (κ2) is 11.9. The van der Waals surface area contributed by atoms with Gasteiger partial charge in [-0.2, -0.15) is 0 Å². The summed E-state index contributed by atoms with van der Waals surface area (Å²) in [4.78, 5) is 41.2. The highest BCUT2D eigenvalue weighted by Crippen LogP contribution is 2.39. The van der Waals surface area contributed by atoms with Crippen LogP contribution >= 0.6 is 0 Å². The van der Waals surface area contributed by atoms with Crippen molar-refractivity contribution < 1.29 is 19.1 Å². The van der Waals surface area contributed by atoms with Gasteiger partial charge >= 0.3 is 6.03 Å². The second-order valence-electron chi connectivity index (χ2n) is 10.8. The lowest BCUT2D eigenvalue weighted by Gasteiger charge is -2.44. The van der Waals surface area contributed by atoms with Crippen LogP contribution in [0.1, 0.15) is 28.4 Å². The molecular formula is C33H33N5O5. The largest absolute Gasteiger partial charge is 0.493 e. The van der Waals surface area contributed by atoms with E-state index in [4.69, 9.17) is 9.47 Å². The zero-order valence-corrected chi connectivity index (χ0v) is 24.0. The summed E-state index contributed by atoms with van der Waals surface area (Å²) in [5.74, 6) is 1.18. The SMILES string of the molecule is COc1ccc(NC(=O)c2ccc(N3CC4CC(C3)c3cccc(=O)n3C4)c(NC(=O)Nc3ccccc3)c2)cc1OC. The van der Waals surface area contributed by atoms with Crippen molar-refractivity contribution in [1.82, 2.24) is 4.57 Å². The molecule has 2 bridgehead atoms. The number of ether oxygens (including phenoxy) is 2. The van der Waals surface area contributed by atoms with E-state index in [1.165, 1.54) is 7.11 Å². The fourth-order valence-corrected chi connectivity index (χ4v) is 6.07. The number of piperidine rings is 1. The van der Waals surface area contributed by atoms with E-state index in [1.54, 1.807) is 55.6 Å². The van der Waals surface area contributed by atoms with Gasteiger partial charge in [-0.15, -0.1) is 0 Å². The van der Waals surface area contributed by atoms with Crippen LogP contribution in [0.15, 0.2) is 89.7 Å². The van der Waals surface area contributed by atoms with Crippen molar-refractivity contribution in [2.24, 2.45) is 5.92 Å². The summed E-state index contributed by atoms with van der Waals surface area (Å²) in [5.41, 5.74) is 3.97. The molecule has 43 heavy (non-hydrogen) atoms. The summed E-state index contributed by atoms with van der Waals surface area (Å²) in [5, 5.41) is 8.74. The number of benzene rings is 3. The first-order valence-corrected chi connectivity index (χ1v) is 14.2. The zero-order valence-electron chi connectivity index (χ0n) is 24.0. The molecule has 2 atom stereocenters. The van der Waals surface area contributed by atoms with Crippen molar-refractivity contribution in [2.45, 2.75) is 18.9 Å². The van der Waals surface area contributed by atoms with Gasteiger partial charge in [0, 0.05) is 60.3 Å². The first-order valence-electron chi connectivity index (χ1n) is 14.2. The molecule has 2 aliphatic heterocycles. The number of urea groups is 1. The molecule has 4 aromatic rings. The van der Waals surface area contributed by atoms with E-state index in [0.717, 1.165) is 24.3 Å². The van der Waals surface area contributed by atoms with E-state index in [2.05, 4.69) is 20.9 Å². The van der Waals surface area contributed by atoms with Gasteiger partial charge in [0.1, 0.15) is 0 Å². The van der Waals surface area contributed by atoms with Gasteiger partial charge in [0.2, 0.25) is 0 Å². The van der Waals surface area contributed by atoms with Crippen molar-refractivity contribution >= 4 is 34.7 Å². The number of methoxy groups -OCH3 is 2. The van der Waals surface area contributed by atoms with Crippen LogP contribution in [0.3, 0.4) is 0 Å². The summed E-state index contributed by atoms with van der Waals surface area (Å²) >= 11 is 0. The molecule has 10 nitrogen and oxygen atoms in total. The first-order chi connectivity index (χ1) is 20.9. The predicted molar refractivity (Wildman–Crippen MR) is 167 cm³/mol. The summed E-state index contributed by atoms with van der Waals surface area (Å²) in [6.07, 6.45) is 1.00. The van der Waals surface area contributed by atoms with Gasteiger partial charge < -0.3 is 34.9 Å². The Hall–Kier alpha value is -5.25. The number of aromatic nitrogens is 1. The van der Waals surface area contributed by atoms with Gasteiger partial charge in [-0.25, -0.2) is 4.79 Å². The molecule has 1 aromatic heterocycles. The lowest BCUT2D eigenvalue weighted by atomic mass is 9.83. The topological polar surface area (TPSA) is 114 Å². The fraction of sp³-hybridized carbons (Fsp3) is 0.242. The summed E-state index contributed by atoms with van der Waals surface area (Å²) in [7, 11) is 3.08. The smallest absolute Gasteiger partial charge is 0.323 e. The Morgan fingerprint density at radius 1 is 0.767 bits per heavy atom. The fourth-order valence-electron chi connectivity index (χ4n) is 6.07. The monoisotopic (exact) mass is 579 g/mol. The van der Waals surface area contributed by atoms with Crippen molar-refractivity contribution in [3.05, 3.63) is 107 Å². The molecule has 0 aliphatic carbocycles. The number of rotatable bonds is 7. The highest BCUT2D eigenvalue weighted by molar-refractivity contribution is 6.07. The highest BCUT2D eigenvalue weighted by atomic mass is 16.5. The number of hydrogen-bond donors (Lipinski definition) is 3. The maximum Gasteiger partial charge on any atom is 0.323 e. The molecule has 3 amide bonds. The molecule has 10 heteroatoms. The van der Waals surface area contributed by atoms with E-state index in [-0.39, 0.29) is 23.3 Å². The van der Waals surface area contributed by atoms with Crippen LogP contribution in [0.4, 0.5) is 27.5 Å². The minimum Gasteiger partial charge on any atom is -0.493 e. The maximum atomic E-state index is 13.4. The van der Waals surface area contributed by atoms with E-state index in [1.807, 2.05) is 41.0 Å². The Balaban J connectivity index is 1.29. The summed E-state index contributed by atoms with van der Waals surface area (Å²) in [6.45, 7) is 2.07. The number of fused-ring (bicyclic) bond motifs is 4. The summed E-state index contributed by atoms with van der Waals surface area (Å²) < 4.78 is 12.6. The Bertz CT molecular complexity index is 1720. The predicted octanol–water partition coefficient (Wildman–Crippen LogP) is 5.39. The quantitative estimate of drug-likeness (QED) is 0.271. The van der Waals surface area contributed by atoms with Crippen molar-refractivity contribution in [2.75, 3.05) is 48.2 Å². The number of amides is 3. The molecule has 2 aliphatic rings. The van der Waals surface area contributed by atoms with Gasteiger partial charge in [-0.05, 0) is 60.9 Å². The summed E-state index contributed by atoms with van der Waals surface area (Å²) in [6, 6.07) is 24.7. The van der Waals surface area contributed by atoms with E-state index in [0.29, 0.717) is 47.2 Å². The third-order valence-electron chi connectivity index (χ3n) is 8.00. The number of nitrogens with zero attached hydrogens (tertiary/aromatic N) is 2. The lowest BCUT2D eigenvalue weighted by molar-refractivity contribution is 0.102. The lowest BCUT2D eigenvalue weighted by Crippen LogP contribution is -2.47. The van der Waals surface area contributed by atoms with Crippen LogP contribution in [-0.2, 0) is 6.54 Å². The first kappa shape index (κ1) is 27.9. The van der Waals surface area contributed by atoms with Crippen LogP contribution in [0.5, 0.6) is 11.5 Å². The Kier molecular flexibility index (Phi) is 7.74. The van der Waals surface area contributed by atoms with Gasteiger partial charge in [0.05, 0.1) is 25.6 Å². The molecule has 1 saturated heterocycles. The van der Waals surface area contributed by atoms with Crippen LogP contribution in [0.25, 0.3) is 0 Å². The van der Waals surface area contributed by atoms with E-state index in [9.17, 15) is 14.4 Å². The molecule has 3 aromatic carbocycles. The number of hydrogen-bond acceptors (Lipinski definition) is 6. The molecule has 3 N–H and O–H groups in total. The van der Waals surface area contributed by atoms with Crippen LogP contribution < -0.4 is 35.9 Å². The van der Waals surface area contributed by atoms with Gasteiger partial charge in [-0.3, -0.25) is 9.59 Å². The molecule has 0 radical (unpaired) electrons. The minimum absolute atomic E-state index is 0.0328. The normalized spacial score (nSPS) is 16.9. The third-order valence-corrected chi connectivity index (χ3v) is 8.00. The molecular weight excluding hydrogens is 546 g/mol. The number of pyridine rings is 1. The van der Waals surface area contributed by atoms with Crippen molar-refractivity contribution in [3.63, 3.8) is 0 Å². The van der Waals surface area contributed by atoms with Gasteiger partial charge in [0.15, 0.2) is 11.5 Å². The second-order valence-corrected chi connectivity index (χ2v) is 10.8. The number of carbonyl (C=O) groups excluding carboxylic acids is 2. The van der Waals surface area contributed by atoms with Gasteiger partial charge in [-0.1, -0.05) is 24.3 Å². The van der Waals surface area contributed by atoms with Crippen molar-refractivity contribution in [1.29, 1.82) is 0 Å². The Labute approximate surface area is 249 Å². The number of nitrogens with one attached hydrogen (secondary N) is 3. The molecule has 1 fully saturated rings. The average Bonchev–Trinajstić information content (AvgIpc) is 3.02. The number of anilines is 4. The van der Waals surface area contributed by atoms with Crippen molar-refractivity contribution in [3.8, 4) is 11.5 Å². The van der Waals surface area contributed by atoms with Crippen LogP contribution in [0, 0.1) is 5.92 Å². The van der Waals surface area contributed by atoms with Crippen LogP contribution in [-0.4, -0.2) is 43.8 Å².